The summed E-state index contributed by atoms with van der Waals surface area (Å²) in [6.07, 6.45) is 5.43. The van der Waals surface area contributed by atoms with Gasteiger partial charge in [0.15, 0.2) is 0 Å². The van der Waals surface area contributed by atoms with Crippen molar-refractivity contribution in [3.63, 3.8) is 0 Å². The summed E-state index contributed by atoms with van der Waals surface area (Å²) in [7, 11) is 0. The molecule has 1 aliphatic rings. The average Bonchev–Trinajstić information content (AvgIpc) is 2.37. The van der Waals surface area contributed by atoms with Gasteiger partial charge in [0, 0.05) is 17.6 Å². The lowest BCUT2D eigenvalue weighted by Gasteiger charge is -2.41. The molecule has 1 aromatic carbocycles. The highest BCUT2D eigenvalue weighted by Gasteiger charge is 2.33. The Morgan fingerprint density at radius 3 is 2.55 bits per heavy atom. The molecule has 0 aromatic heterocycles. The average molecular weight is 294 g/mol. The fourth-order valence-corrected chi connectivity index (χ4v) is 3.74. The summed E-state index contributed by atoms with van der Waals surface area (Å²) in [6, 6.07) is 6.85. The lowest BCUT2D eigenvalue weighted by atomic mass is 9.69. The van der Waals surface area contributed by atoms with E-state index in [1.54, 1.807) is 0 Å². The van der Waals surface area contributed by atoms with Crippen molar-refractivity contribution in [2.75, 3.05) is 0 Å². The van der Waals surface area contributed by atoms with Gasteiger partial charge in [0.2, 0.25) is 0 Å². The lowest BCUT2D eigenvalue weighted by Crippen LogP contribution is -2.44. The number of halogens is 1. The fourth-order valence-electron chi connectivity index (χ4n) is 3.51. The quantitative estimate of drug-likeness (QED) is 0.793. The molecule has 1 saturated carbocycles. The first kappa shape index (κ1) is 15.9. The van der Waals surface area contributed by atoms with Crippen LogP contribution in [-0.4, -0.2) is 6.04 Å². The molecule has 0 heterocycles. The van der Waals surface area contributed by atoms with Gasteiger partial charge in [-0.15, -0.1) is 0 Å². The van der Waals surface area contributed by atoms with Crippen molar-refractivity contribution < 1.29 is 0 Å². The van der Waals surface area contributed by atoms with Crippen molar-refractivity contribution in [2.24, 2.45) is 11.3 Å². The number of benzene rings is 1. The van der Waals surface area contributed by atoms with Gasteiger partial charge in [-0.2, -0.15) is 0 Å². The molecule has 20 heavy (non-hydrogen) atoms. The number of hydrogen-bond acceptors (Lipinski definition) is 1. The molecule has 0 amide bonds. The van der Waals surface area contributed by atoms with E-state index in [-0.39, 0.29) is 0 Å². The van der Waals surface area contributed by atoms with Gasteiger partial charge in [-0.3, -0.25) is 0 Å². The molecule has 1 aliphatic carbocycles. The summed E-state index contributed by atoms with van der Waals surface area (Å²) in [5.41, 5.74) is 3.05. The maximum Gasteiger partial charge on any atom is 0.0408 e. The van der Waals surface area contributed by atoms with Crippen LogP contribution in [0.15, 0.2) is 18.2 Å². The molecule has 1 aromatic rings. The maximum absolute atomic E-state index is 6.03. The van der Waals surface area contributed by atoms with Gasteiger partial charge in [0.05, 0.1) is 0 Å². The summed E-state index contributed by atoms with van der Waals surface area (Å²) in [4.78, 5) is 0. The van der Waals surface area contributed by atoms with E-state index in [4.69, 9.17) is 11.6 Å². The molecule has 2 unspecified atom stereocenters. The molecule has 2 heteroatoms. The molecule has 0 saturated heterocycles. The van der Waals surface area contributed by atoms with E-state index in [2.05, 4.69) is 45.1 Å². The third-order valence-electron chi connectivity index (χ3n) is 4.74. The van der Waals surface area contributed by atoms with Crippen LogP contribution in [0.25, 0.3) is 0 Å². The van der Waals surface area contributed by atoms with Crippen LogP contribution in [0.5, 0.6) is 0 Å². The predicted octanol–water partition coefficient (Wildman–Crippen LogP) is 5.34. The van der Waals surface area contributed by atoms with Crippen molar-refractivity contribution >= 4 is 11.6 Å². The van der Waals surface area contributed by atoms with Gasteiger partial charge >= 0.3 is 0 Å². The molecule has 1 N–H and O–H groups in total. The molecule has 2 atom stereocenters. The largest absolute Gasteiger partial charge is 0.310 e. The van der Waals surface area contributed by atoms with Gasteiger partial charge in [-0.1, -0.05) is 51.3 Å². The normalized spacial score (nSPS) is 23.9. The van der Waals surface area contributed by atoms with Gasteiger partial charge in [-0.05, 0) is 54.4 Å². The zero-order valence-corrected chi connectivity index (χ0v) is 14.1. The van der Waals surface area contributed by atoms with Crippen LogP contribution in [0.1, 0.15) is 57.6 Å². The molecule has 1 fully saturated rings. The Labute approximate surface area is 129 Å². The van der Waals surface area contributed by atoms with Crippen molar-refractivity contribution in [1.82, 2.24) is 5.32 Å². The molecule has 2 rings (SSSR count). The lowest BCUT2D eigenvalue weighted by molar-refractivity contribution is 0.130. The summed E-state index contributed by atoms with van der Waals surface area (Å²) in [6.45, 7) is 10.2. The van der Waals surface area contributed by atoms with E-state index in [1.165, 1.54) is 36.8 Å². The van der Waals surface area contributed by atoms with Crippen LogP contribution >= 0.6 is 11.6 Å². The maximum atomic E-state index is 6.03. The fraction of sp³-hybridized carbons (Fsp3) is 0.667. The van der Waals surface area contributed by atoms with E-state index in [1.807, 2.05) is 6.07 Å². The second kappa shape index (κ2) is 6.49. The highest BCUT2D eigenvalue weighted by Crippen LogP contribution is 2.38. The summed E-state index contributed by atoms with van der Waals surface area (Å²) in [5, 5.41) is 4.64. The van der Waals surface area contributed by atoms with Crippen LogP contribution in [-0.2, 0) is 6.54 Å². The zero-order chi connectivity index (χ0) is 14.8. The van der Waals surface area contributed by atoms with E-state index < -0.39 is 0 Å². The molecule has 0 radical (unpaired) electrons. The minimum atomic E-state index is 0.396. The van der Waals surface area contributed by atoms with Gasteiger partial charge in [0.1, 0.15) is 0 Å². The first-order valence-electron chi connectivity index (χ1n) is 7.86. The summed E-state index contributed by atoms with van der Waals surface area (Å²) >= 11 is 6.03. The van der Waals surface area contributed by atoms with Gasteiger partial charge in [-0.25, -0.2) is 0 Å². The predicted molar refractivity (Wildman–Crippen MR) is 88.2 cm³/mol. The molecule has 112 valence electrons. The monoisotopic (exact) mass is 293 g/mol. The van der Waals surface area contributed by atoms with Gasteiger partial charge in [0.25, 0.3) is 0 Å². The third-order valence-corrected chi connectivity index (χ3v) is 4.97. The van der Waals surface area contributed by atoms with Crippen LogP contribution in [0.2, 0.25) is 5.02 Å². The Hall–Kier alpha value is -0.530. The van der Waals surface area contributed by atoms with Crippen LogP contribution in [0.4, 0.5) is 0 Å². The van der Waals surface area contributed by atoms with E-state index in [0.717, 1.165) is 17.5 Å². The Bertz CT molecular complexity index is 447. The molecular weight excluding hydrogens is 266 g/mol. The molecule has 1 nitrogen and oxygen atoms in total. The minimum Gasteiger partial charge on any atom is -0.310 e. The van der Waals surface area contributed by atoms with Gasteiger partial charge < -0.3 is 5.32 Å². The van der Waals surface area contributed by atoms with Crippen LogP contribution in [0, 0.1) is 18.3 Å². The third kappa shape index (κ3) is 3.99. The topological polar surface area (TPSA) is 12.0 Å². The van der Waals surface area contributed by atoms with Crippen molar-refractivity contribution in [2.45, 2.75) is 66.0 Å². The smallest absolute Gasteiger partial charge is 0.0408 e. The second-order valence-corrected chi connectivity index (χ2v) is 7.75. The number of aryl methyl sites for hydroxylation is 1. The number of rotatable bonds is 3. The highest BCUT2D eigenvalue weighted by atomic mass is 35.5. The van der Waals surface area contributed by atoms with Crippen molar-refractivity contribution in [3.8, 4) is 0 Å². The second-order valence-electron chi connectivity index (χ2n) is 7.32. The summed E-state index contributed by atoms with van der Waals surface area (Å²) in [5.74, 6) is 0.781. The van der Waals surface area contributed by atoms with Crippen molar-refractivity contribution in [1.29, 1.82) is 0 Å². The standard InChI is InChI=1S/C18H28ClN/c1-13-11-15(19)10-9-14(13)12-20-17-8-6-5-7-16(17)18(2,3)4/h9-11,16-17,20H,5-8,12H2,1-4H3. The number of nitrogens with one attached hydrogen (secondary N) is 1. The summed E-state index contributed by atoms with van der Waals surface area (Å²) < 4.78 is 0. The van der Waals surface area contributed by atoms with Crippen LogP contribution in [0.3, 0.4) is 0 Å². The Morgan fingerprint density at radius 1 is 1.20 bits per heavy atom. The molecule has 0 aliphatic heterocycles. The Kier molecular flexibility index (Phi) is 5.14. The molecule has 0 spiro atoms. The molecular formula is C18H28ClN. The Balaban J connectivity index is 2.01. The van der Waals surface area contributed by atoms with Crippen LogP contribution < -0.4 is 5.32 Å². The van der Waals surface area contributed by atoms with Crippen molar-refractivity contribution in [3.05, 3.63) is 34.3 Å². The number of hydrogen-bond donors (Lipinski definition) is 1. The highest BCUT2D eigenvalue weighted by molar-refractivity contribution is 6.30. The Morgan fingerprint density at radius 2 is 1.90 bits per heavy atom. The minimum absolute atomic E-state index is 0.396. The SMILES string of the molecule is Cc1cc(Cl)ccc1CNC1CCCCC1C(C)(C)C. The van der Waals surface area contributed by atoms with E-state index in [9.17, 15) is 0 Å². The zero-order valence-electron chi connectivity index (χ0n) is 13.3. The molecule has 0 bridgehead atoms. The first-order chi connectivity index (χ1) is 9.38. The first-order valence-corrected chi connectivity index (χ1v) is 8.24. The van der Waals surface area contributed by atoms with E-state index in [0.29, 0.717) is 11.5 Å². The van der Waals surface area contributed by atoms with E-state index >= 15 is 0 Å².